The number of fused-ring (bicyclic) bond motifs is 3. The van der Waals surface area contributed by atoms with E-state index in [9.17, 15) is 9.90 Å². The maximum atomic E-state index is 11.5. The van der Waals surface area contributed by atoms with Gasteiger partial charge in [0, 0.05) is 33.5 Å². The molecule has 168 valence electrons. The first kappa shape index (κ1) is 25.4. The van der Waals surface area contributed by atoms with Crippen LogP contribution in [-0.2, 0) is 17.8 Å². The predicted octanol–water partition coefficient (Wildman–Crippen LogP) is 8.01. The second-order valence-electron chi connectivity index (χ2n) is 7.12. The Morgan fingerprint density at radius 2 is 1.81 bits per heavy atom. The fraction of sp³-hybridized carbons (Fsp3) is 0.423. The van der Waals surface area contributed by atoms with Crippen LogP contribution in [0.25, 0.3) is 10.9 Å². The fourth-order valence-electron chi connectivity index (χ4n) is 4.37. The molecule has 1 N–H and O–H groups in total. The van der Waals surface area contributed by atoms with Crippen LogP contribution in [-0.4, -0.2) is 21.9 Å². The van der Waals surface area contributed by atoms with Gasteiger partial charge in [0.1, 0.15) is 0 Å². The van der Waals surface area contributed by atoms with E-state index in [4.69, 9.17) is 11.6 Å². The van der Waals surface area contributed by atoms with Crippen LogP contribution < -0.4 is 0 Å². The molecule has 2 aromatic carbocycles. The van der Waals surface area contributed by atoms with Gasteiger partial charge < -0.3 is 9.67 Å². The van der Waals surface area contributed by atoms with E-state index in [1.54, 1.807) is 11.8 Å². The molecule has 5 heteroatoms. The number of aryl methyl sites for hydroxylation is 1. The van der Waals surface area contributed by atoms with Crippen LogP contribution in [0.3, 0.4) is 0 Å². The van der Waals surface area contributed by atoms with Crippen LogP contribution in [0.4, 0.5) is 0 Å². The second-order valence-corrected chi connectivity index (χ2v) is 8.40. The molecule has 31 heavy (non-hydrogen) atoms. The number of aromatic nitrogens is 1. The van der Waals surface area contributed by atoms with Crippen LogP contribution in [0.1, 0.15) is 69.7 Å². The Hall–Kier alpha value is -1.91. The van der Waals surface area contributed by atoms with E-state index in [1.165, 1.54) is 32.6 Å². The van der Waals surface area contributed by atoms with E-state index >= 15 is 0 Å². The van der Waals surface area contributed by atoms with Crippen molar-refractivity contribution in [2.45, 2.75) is 70.7 Å². The number of nitrogens with zero attached hydrogens (tertiary/aromatic N) is 1. The number of carboxylic acid groups (broad SMARTS) is 1. The fourth-order valence-corrected chi connectivity index (χ4v) is 5.12. The van der Waals surface area contributed by atoms with Gasteiger partial charge in [0.2, 0.25) is 0 Å². The lowest BCUT2D eigenvalue weighted by atomic mass is 9.84. The molecule has 1 aliphatic carbocycles. The summed E-state index contributed by atoms with van der Waals surface area (Å²) in [6.45, 7) is 8.73. The van der Waals surface area contributed by atoms with Gasteiger partial charge in [-0.1, -0.05) is 63.6 Å². The molecule has 0 radical (unpaired) electrons. The Morgan fingerprint density at radius 1 is 1.13 bits per heavy atom. The molecular formula is C26H34ClNO2S. The molecule has 1 aliphatic rings. The molecule has 3 aromatic rings. The lowest BCUT2D eigenvalue weighted by Crippen LogP contribution is -2.17. The molecule has 0 fully saturated rings. The maximum Gasteiger partial charge on any atom is 0.304 e. The molecule has 0 spiro atoms. The minimum absolute atomic E-state index is 0.0701. The van der Waals surface area contributed by atoms with Gasteiger partial charge in [0.15, 0.2) is 0 Å². The van der Waals surface area contributed by atoms with Crippen molar-refractivity contribution >= 4 is 40.2 Å². The largest absolute Gasteiger partial charge is 0.481 e. The summed E-state index contributed by atoms with van der Waals surface area (Å²) >= 11 is 7.80. The molecule has 0 saturated heterocycles. The Bertz CT molecular complexity index is 995. The quantitative estimate of drug-likeness (QED) is 0.393. The van der Waals surface area contributed by atoms with Crippen LogP contribution in [0.2, 0.25) is 5.02 Å². The van der Waals surface area contributed by atoms with E-state index in [2.05, 4.69) is 41.2 Å². The van der Waals surface area contributed by atoms with Gasteiger partial charge in [-0.25, -0.2) is 0 Å². The van der Waals surface area contributed by atoms with E-state index < -0.39 is 5.97 Å². The number of thioether (sulfide) groups is 1. The number of rotatable bonds is 5. The summed E-state index contributed by atoms with van der Waals surface area (Å²) in [5.74, 6) is -0.651. The van der Waals surface area contributed by atoms with Crippen molar-refractivity contribution in [2.75, 3.05) is 6.26 Å². The maximum absolute atomic E-state index is 11.5. The molecular weight excluding hydrogens is 426 g/mol. The summed E-state index contributed by atoms with van der Waals surface area (Å²) in [4.78, 5) is 12.7. The highest BCUT2D eigenvalue weighted by atomic mass is 35.5. The van der Waals surface area contributed by atoms with Crippen molar-refractivity contribution in [1.82, 2.24) is 4.57 Å². The molecule has 1 atom stereocenters. The topological polar surface area (TPSA) is 42.2 Å². The van der Waals surface area contributed by atoms with Crippen molar-refractivity contribution in [1.29, 1.82) is 0 Å². The van der Waals surface area contributed by atoms with Crippen molar-refractivity contribution < 1.29 is 9.90 Å². The number of halogens is 1. The Balaban J connectivity index is 0.000000807. The highest BCUT2D eigenvalue weighted by Crippen LogP contribution is 2.42. The lowest BCUT2D eigenvalue weighted by molar-refractivity contribution is -0.137. The minimum atomic E-state index is -0.721. The monoisotopic (exact) mass is 459 g/mol. The normalized spacial score (nSPS) is 14.7. The van der Waals surface area contributed by atoms with Crippen LogP contribution >= 0.6 is 23.4 Å². The van der Waals surface area contributed by atoms with Crippen LogP contribution in [0.5, 0.6) is 0 Å². The summed E-state index contributed by atoms with van der Waals surface area (Å²) in [5.41, 5.74) is 4.97. The van der Waals surface area contributed by atoms with Gasteiger partial charge in [-0.05, 0) is 54.8 Å². The van der Waals surface area contributed by atoms with E-state index in [-0.39, 0.29) is 12.3 Å². The van der Waals surface area contributed by atoms with Gasteiger partial charge in [-0.15, -0.1) is 11.8 Å². The zero-order valence-electron chi connectivity index (χ0n) is 19.2. The Morgan fingerprint density at radius 3 is 2.42 bits per heavy atom. The molecule has 1 heterocycles. The number of carboxylic acids is 1. The number of carbonyl (C=O) groups is 1. The summed E-state index contributed by atoms with van der Waals surface area (Å²) < 4.78 is 2.37. The minimum Gasteiger partial charge on any atom is -0.481 e. The van der Waals surface area contributed by atoms with E-state index in [0.29, 0.717) is 0 Å². The average molecular weight is 460 g/mol. The Labute approximate surface area is 195 Å². The van der Waals surface area contributed by atoms with Crippen molar-refractivity contribution in [3.05, 3.63) is 64.3 Å². The Kier molecular flexibility index (Phi) is 9.98. The highest BCUT2D eigenvalue weighted by molar-refractivity contribution is 7.98. The highest BCUT2D eigenvalue weighted by Gasteiger charge is 2.30. The van der Waals surface area contributed by atoms with Crippen molar-refractivity contribution in [2.24, 2.45) is 0 Å². The summed E-state index contributed by atoms with van der Waals surface area (Å²) in [6, 6.07) is 14.4. The van der Waals surface area contributed by atoms with Gasteiger partial charge in [0.05, 0.1) is 11.9 Å². The number of hydrogen-bond donors (Lipinski definition) is 1. The molecule has 0 aliphatic heterocycles. The summed E-state index contributed by atoms with van der Waals surface area (Å²) in [7, 11) is 0. The van der Waals surface area contributed by atoms with E-state index in [0.717, 1.165) is 30.8 Å². The molecule has 0 saturated carbocycles. The van der Waals surface area contributed by atoms with Crippen molar-refractivity contribution in [3.8, 4) is 0 Å². The third-order valence-corrected chi connectivity index (χ3v) is 6.48. The first-order valence-corrected chi connectivity index (χ1v) is 12.8. The van der Waals surface area contributed by atoms with E-state index in [1.807, 2.05) is 39.8 Å². The SMILES string of the molecule is CC.CC.CSc1cccc2c3c(n(Cc4ccc(Cl)cc4)c12)[C@@H](CC(=O)O)CCC3. The number of aliphatic carboxylic acids is 1. The van der Waals surface area contributed by atoms with Gasteiger partial charge in [-0.2, -0.15) is 0 Å². The second kappa shape index (κ2) is 12.2. The molecule has 0 bridgehead atoms. The zero-order valence-corrected chi connectivity index (χ0v) is 20.8. The standard InChI is InChI=1S/C22H22ClNO2S.2C2H6/c1-27-19-7-3-6-18-17-5-2-4-15(12-20(25)26)21(17)24(22(18)19)13-14-8-10-16(23)11-9-14;2*1-2/h3,6-11,15H,2,4-5,12-13H2,1H3,(H,25,26);2*1-2H3/t15-;;/m1../s1. The smallest absolute Gasteiger partial charge is 0.304 e. The number of benzene rings is 2. The number of hydrogen-bond acceptors (Lipinski definition) is 2. The number of para-hydroxylation sites is 1. The molecule has 0 amide bonds. The first-order valence-electron chi connectivity index (χ1n) is 11.2. The van der Waals surface area contributed by atoms with Crippen LogP contribution in [0.15, 0.2) is 47.4 Å². The summed E-state index contributed by atoms with van der Waals surface area (Å²) in [5, 5.41) is 11.5. The average Bonchev–Trinajstić information content (AvgIpc) is 3.12. The lowest BCUT2D eigenvalue weighted by Gasteiger charge is -2.25. The van der Waals surface area contributed by atoms with Gasteiger partial charge >= 0.3 is 5.97 Å². The predicted molar refractivity (Wildman–Crippen MR) is 135 cm³/mol. The third-order valence-electron chi connectivity index (χ3n) is 5.45. The van der Waals surface area contributed by atoms with Gasteiger partial charge in [0.25, 0.3) is 0 Å². The molecule has 1 aromatic heterocycles. The third kappa shape index (κ3) is 5.67. The molecule has 0 unspecified atom stereocenters. The molecule has 3 nitrogen and oxygen atoms in total. The first-order chi connectivity index (χ1) is 15.1. The van der Waals surface area contributed by atoms with Crippen molar-refractivity contribution in [3.63, 3.8) is 0 Å². The molecule has 4 rings (SSSR count). The summed E-state index contributed by atoms with van der Waals surface area (Å²) in [6.07, 6.45) is 5.30. The van der Waals surface area contributed by atoms with Gasteiger partial charge in [-0.3, -0.25) is 4.79 Å². The van der Waals surface area contributed by atoms with Crippen LogP contribution in [0, 0.1) is 0 Å². The zero-order chi connectivity index (χ0) is 23.0.